The normalized spacial score (nSPS) is 12.5. The Bertz CT molecular complexity index is 2880. The highest BCUT2D eigenvalue weighted by molar-refractivity contribution is 6.15. The van der Waals surface area contributed by atoms with Gasteiger partial charge in [-0.2, -0.15) is 0 Å². The second-order valence-corrected chi connectivity index (χ2v) is 13.9. The standard InChI is InChI=1S/C49H33N3/c1-4-14-32(15-5-1)36-28-42(33-16-6-2-7-17-33)50-43(29-36)37-26-34-24-25-35-27-39(52-44-22-12-10-20-40(44)41-21-11-13-23-45(41)52)31-47-49(35)48(34)46(30-37)51(47)38-18-8-3-9-19-38/h1-23,26-31H,24-25H2. The van der Waals surface area contributed by atoms with E-state index >= 15 is 0 Å². The molecule has 3 aromatic heterocycles. The van der Waals surface area contributed by atoms with Crippen molar-refractivity contribution in [3.8, 4) is 45.0 Å². The quantitative estimate of drug-likeness (QED) is 0.180. The van der Waals surface area contributed by atoms with E-state index in [1.54, 1.807) is 0 Å². The van der Waals surface area contributed by atoms with Gasteiger partial charge in [-0.25, -0.2) is 4.98 Å². The van der Waals surface area contributed by atoms with Crippen molar-refractivity contribution in [2.45, 2.75) is 12.8 Å². The lowest BCUT2D eigenvalue weighted by Gasteiger charge is -2.17. The molecular formula is C49H33N3. The van der Waals surface area contributed by atoms with Crippen molar-refractivity contribution in [1.29, 1.82) is 0 Å². The van der Waals surface area contributed by atoms with Gasteiger partial charge in [-0.05, 0) is 95.8 Å². The van der Waals surface area contributed by atoms with Crippen molar-refractivity contribution in [3.05, 3.63) is 187 Å². The molecule has 0 unspecified atom stereocenters. The molecule has 0 saturated heterocycles. The summed E-state index contributed by atoms with van der Waals surface area (Å²) in [6.45, 7) is 0. The number of hydrogen-bond acceptors (Lipinski definition) is 1. The molecule has 244 valence electrons. The van der Waals surface area contributed by atoms with Gasteiger partial charge in [-0.1, -0.05) is 115 Å². The minimum atomic E-state index is 0.978. The van der Waals surface area contributed by atoms with E-state index in [1.807, 2.05) is 0 Å². The monoisotopic (exact) mass is 663 g/mol. The number of hydrogen-bond donors (Lipinski definition) is 0. The van der Waals surface area contributed by atoms with Crippen LogP contribution in [0.1, 0.15) is 11.1 Å². The molecule has 3 nitrogen and oxygen atoms in total. The lowest BCUT2D eigenvalue weighted by molar-refractivity contribution is 0.966. The molecular weight excluding hydrogens is 631 g/mol. The molecule has 1 aliphatic carbocycles. The van der Waals surface area contributed by atoms with Crippen LogP contribution in [-0.2, 0) is 12.8 Å². The first-order valence-electron chi connectivity index (χ1n) is 18.1. The Hall–Kier alpha value is -6.71. The molecule has 3 heteroatoms. The first kappa shape index (κ1) is 29.1. The fourth-order valence-electron chi connectivity index (χ4n) is 8.64. The van der Waals surface area contributed by atoms with Gasteiger partial charge in [-0.3, -0.25) is 0 Å². The molecule has 0 atom stereocenters. The largest absolute Gasteiger partial charge is 0.309 e. The lowest BCUT2D eigenvalue weighted by Crippen LogP contribution is -2.02. The van der Waals surface area contributed by atoms with Crippen LogP contribution in [0.4, 0.5) is 0 Å². The van der Waals surface area contributed by atoms with Gasteiger partial charge in [0.1, 0.15) is 0 Å². The van der Waals surface area contributed by atoms with Gasteiger partial charge in [0, 0.05) is 44.0 Å². The van der Waals surface area contributed by atoms with E-state index in [0.717, 1.165) is 41.0 Å². The number of benzene rings is 7. The van der Waals surface area contributed by atoms with Crippen LogP contribution in [0.5, 0.6) is 0 Å². The summed E-state index contributed by atoms with van der Waals surface area (Å²) in [6.07, 6.45) is 1.96. The maximum Gasteiger partial charge on any atom is 0.0716 e. The Morgan fingerprint density at radius 1 is 0.346 bits per heavy atom. The topological polar surface area (TPSA) is 22.8 Å². The SMILES string of the molecule is c1ccc(-c2cc(-c3ccccc3)nc(-c3cc4c5c6c(cc(-n7c8ccccc8c8ccccc87)cc6n(-c6ccccc6)c5c3)CC4)c2)cc1. The summed E-state index contributed by atoms with van der Waals surface area (Å²) >= 11 is 0. The second kappa shape index (κ2) is 11.4. The number of aromatic nitrogens is 3. The summed E-state index contributed by atoms with van der Waals surface area (Å²) in [5.74, 6) is 0. The molecule has 0 amide bonds. The van der Waals surface area contributed by atoms with Crippen LogP contribution in [0, 0.1) is 0 Å². The molecule has 0 aliphatic heterocycles. The zero-order valence-corrected chi connectivity index (χ0v) is 28.5. The predicted molar refractivity (Wildman–Crippen MR) is 217 cm³/mol. The van der Waals surface area contributed by atoms with Crippen LogP contribution in [0.25, 0.3) is 88.6 Å². The number of fused-ring (bicyclic) bond motifs is 3. The molecule has 0 bridgehead atoms. The van der Waals surface area contributed by atoms with Crippen molar-refractivity contribution < 1.29 is 0 Å². The van der Waals surface area contributed by atoms with Crippen LogP contribution in [-0.4, -0.2) is 14.1 Å². The average Bonchev–Trinajstić information content (AvgIpc) is 3.74. The molecule has 0 fully saturated rings. The number of nitrogens with zero attached hydrogens (tertiary/aromatic N) is 3. The van der Waals surface area contributed by atoms with Gasteiger partial charge >= 0.3 is 0 Å². The first-order valence-corrected chi connectivity index (χ1v) is 18.1. The van der Waals surface area contributed by atoms with Crippen molar-refractivity contribution in [2.75, 3.05) is 0 Å². The Balaban J connectivity index is 1.20. The first-order chi connectivity index (χ1) is 25.8. The molecule has 7 aromatic carbocycles. The molecule has 11 rings (SSSR count). The van der Waals surface area contributed by atoms with Crippen LogP contribution < -0.4 is 0 Å². The number of rotatable bonds is 5. The summed E-state index contributed by atoms with van der Waals surface area (Å²) < 4.78 is 4.95. The Kier molecular flexibility index (Phi) is 6.38. The molecule has 0 spiro atoms. The van der Waals surface area contributed by atoms with Gasteiger partial charge in [0.25, 0.3) is 0 Å². The minimum Gasteiger partial charge on any atom is -0.309 e. The summed E-state index contributed by atoms with van der Waals surface area (Å²) in [7, 11) is 0. The summed E-state index contributed by atoms with van der Waals surface area (Å²) in [4.78, 5) is 5.35. The maximum atomic E-state index is 5.35. The highest BCUT2D eigenvalue weighted by Gasteiger charge is 2.25. The Morgan fingerprint density at radius 3 is 1.50 bits per heavy atom. The third kappa shape index (κ3) is 4.42. The number of para-hydroxylation sites is 3. The van der Waals surface area contributed by atoms with E-state index in [2.05, 4.69) is 185 Å². The highest BCUT2D eigenvalue weighted by Crippen LogP contribution is 2.44. The van der Waals surface area contributed by atoms with Crippen molar-refractivity contribution >= 4 is 43.6 Å². The molecule has 0 radical (unpaired) electrons. The van der Waals surface area contributed by atoms with Gasteiger partial charge in [0.2, 0.25) is 0 Å². The molecule has 3 heterocycles. The molecule has 10 aromatic rings. The van der Waals surface area contributed by atoms with Crippen molar-refractivity contribution in [3.63, 3.8) is 0 Å². The fraction of sp³-hybridized carbons (Fsp3) is 0.0408. The third-order valence-electron chi connectivity index (χ3n) is 10.9. The molecule has 0 N–H and O–H groups in total. The van der Waals surface area contributed by atoms with Gasteiger partial charge in [-0.15, -0.1) is 0 Å². The van der Waals surface area contributed by atoms with Gasteiger partial charge in [0.05, 0.1) is 33.5 Å². The molecule has 1 aliphatic rings. The van der Waals surface area contributed by atoms with Crippen molar-refractivity contribution in [1.82, 2.24) is 14.1 Å². The van der Waals surface area contributed by atoms with Crippen LogP contribution in [0.2, 0.25) is 0 Å². The minimum absolute atomic E-state index is 0.978. The molecule has 52 heavy (non-hydrogen) atoms. The maximum absolute atomic E-state index is 5.35. The summed E-state index contributed by atoms with van der Waals surface area (Å²) in [5, 5.41) is 5.29. The zero-order valence-electron chi connectivity index (χ0n) is 28.5. The van der Waals surface area contributed by atoms with E-state index in [0.29, 0.717) is 0 Å². The van der Waals surface area contributed by atoms with Crippen molar-refractivity contribution in [2.24, 2.45) is 0 Å². The second-order valence-electron chi connectivity index (χ2n) is 13.9. The third-order valence-corrected chi connectivity index (χ3v) is 10.9. The van der Waals surface area contributed by atoms with E-state index in [1.165, 1.54) is 71.6 Å². The van der Waals surface area contributed by atoms with E-state index in [-0.39, 0.29) is 0 Å². The average molecular weight is 664 g/mol. The van der Waals surface area contributed by atoms with Gasteiger partial charge in [0.15, 0.2) is 0 Å². The van der Waals surface area contributed by atoms with E-state index in [4.69, 9.17) is 4.98 Å². The van der Waals surface area contributed by atoms with Crippen LogP contribution in [0.3, 0.4) is 0 Å². The Labute approximate surface area is 301 Å². The zero-order chi connectivity index (χ0) is 34.2. The van der Waals surface area contributed by atoms with E-state index < -0.39 is 0 Å². The predicted octanol–water partition coefficient (Wildman–Crippen LogP) is 12.4. The van der Waals surface area contributed by atoms with Gasteiger partial charge < -0.3 is 9.13 Å². The number of aryl methyl sites for hydroxylation is 2. The molecule has 0 saturated carbocycles. The highest BCUT2D eigenvalue weighted by atomic mass is 15.0. The number of pyridine rings is 1. The summed E-state index contributed by atoms with van der Waals surface area (Å²) in [6, 6.07) is 63.8. The smallest absolute Gasteiger partial charge is 0.0716 e. The van der Waals surface area contributed by atoms with E-state index in [9.17, 15) is 0 Å². The summed E-state index contributed by atoms with van der Waals surface area (Å²) in [5.41, 5.74) is 16.7. The fourth-order valence-corrected chi connectivity index (χ4v) is 8.64. The Morgan fingerprint density at radius 2 is 0.846 bits per heavy atom. The lowest BCUT2D eigenvalue weighted by atomic mass is 9.89. The van der Waals surface area contributed by atoms with Crippen LogP contribution in [0.15, 0.2) is 176 Å². The van der Waals surface area contributed by atoms with Crippen LogP contribution >= 0.6 is 0 Å².